The van der Waals surface area contributed by atoms with Gasteiger partial charge in [0.2, 0.25) is 11.8 Å². The first-order chi connectivity index (χ1) is 19.7. The lowest BCUT2D eigenvalue weighted by molar-refractivity contribution is -0.163. The Balaban J connectivity index is 1.61. The van der Waals surface area contributed by atoms with E-state index in [0.717, 1.165) is 11.1 Å². The van der Waals surface area contributed by atoms with E-state index in [4.69, 9.17) is 9.47 Å². The Kier molecular flexibility index (Phi) is 8.08. The number of aliphatic hydroxyl groups excluding tert-OH is 1. The van der Waals surface area contributed by atoms with Crippen LogP contribution in [0.25, 0.3) is 0 Å². The third kappa shape index (κ3) is 4.77. The zero-order chi connectivity index (χ0) is 29.4. The van der Waals surface area contributed by atoms with Crippen molar-refractivity contribution in [2.24, 2.45) is 17.8 Å². The summed E-state index contributed by atoms with van der Waals surface area (Å²) in [5.41, 5.74) is -0.301. The highest BCUT2D eigenvalue weighted by molar-refractivity contribution is 5.99. The molecule has 3 aliphatic heterocycles. The molecule has 0 saturated carbocycles. The number of hydrogen-bond donors (Lipinski definition) is 1. The van der Waals surface area contributed by atoms with Crippen molar-refractivity contribution in [3.05, 3.63) is 84.4 Å². The van der Waals surface area contributed by atoms with Gasteiger partial charge < -0.3 is 24.4 Å². The molecule has 2 aromatic rings. The lowest BCUT2D eigenvalue weighted by Crippen LogP contribution is -2.59. The fourth-order valence-corrected chi connectivity index (χ4v) is 7.44. The summed E-state index contributed by atoms with van der Waals surface area (Å²) < 4.78 is 12.3. The van der Waals surface area contributed by atoms with Crippen LogP contribution in [0.15, 0.2) is 73.3 Å². The zero-order valence-electron chi connectivity index (χ0n) is 24.1. The van der Waals surface area contributed by atoms with Crippen molar-refractivity contribution in [1.29, 1.82) is 0 Å². The van der Waals surface area contributed by atoms with E-state index in [9.17, 15) is 19.5 Å². The highest BCUT2D eigenvalue weighted by atomic mass is 16.6. The SMILES string of the molecule is C=CCN(Cc1ccccc1)C(=O)C1N([C@@H](CO)Cc2ccccc2)C(=O)[C@@H]2[C@@H](C(=O)OCC)[C@]3(C)OC12CC3C. The van der Waals surface area contributed by atoms with E-state index in [2.05, 4.69) is 6.58 Å². The van der Waals surface area contributed by atoms with E-state index in [-0.39, 0.29) is 37.5 Å². The van der Waals surface area contributed by atoms with E-state index in [1.54, 1.807) is 17.9 Å². The standard InChI is InChI=1S/C33H40N2O6/c1-5-17-34(20-24-15-11-8-12-16-24)30(38)28-33-19-22(3)32(4,41-33)27(31(39)40-6-2)26(33)29(37)35(28)25(21-36)18-23-13-9-7-10-14-23/h5,7-16,22,25-28,36H,1,6,17-21H2,2-4H3/t22?,25-,26+,27+,28?,32-,33?/m1/s1. The third-order valence-corrected chi connectivity index (χ3v) is 9.32. The minimum Gasteiger partial charge on any atom is -0.466 e. The zero-order valence-corrected chi connectivity index (χ0v) is 24.1. The van der Waals surface area contributed by atoms with E-state index in [0.29, 0.717) is 19.4 Å². The number of likely N-dealkylation sites (tertiary alicyclic amines) is 1. The number of fused-ring (bicyclic) bond motifs is 1. The van der Waals surface area contributed by atoms with Gasteiger partial charge in [-0.3, -0.25) is 14.4 Å². The predicted octanol–water partition coefficient (Wildman–Crippen LogP) is 3.38. The molecule has 8 heteroatoms. The molecule has 1 N–H and O–H groups in total. The summed E-state index contributed by atoms with van der Waals surface area (Å²) in [4.78, 5) is 45.9. The minimum absolute atomic E-state index is 0.0973. The average molecular weight is 561 g/mol. The van der Waals surface area contributed by atoms with Crippen LogP contribution in [0.2, 0.25) is 0 Å². The maximum atomic E-state index is 14.7. The van der Waals surface area contributed by atoms with Crippen molar-refractivity contribution in [3.63, 3.8) is 0 Å². The molecule has 0 aliphatic carbocycles. The van der Waals surface area contributed by atoms with Crippen LogP contribution in [-0.4, -0.2) is 75.7 Å². The first-order valence-corrected chi connectivity index (χ1v) is 14.5. The molecule has 2 aromatic carbocycles. The van der Waals surface area contributed by atoms with Crippen molar-refractivity contribution in [3.8, 4) is 0 Å². The first kappa shape index (κ1) is 29.0. The van der Waals surface area contributed by atoms with Gasteiger partial charge in [0.15, 0.2) is 0 Å². The number of ether oxygens (including phenoxy) is 2. The Morgan fingerprint density at radius 1 is 1.17 bits per heavy atom. The second-order valence-corrected chi connectivity index (χ2v) is 11.7. The van der Waals surface area contributed by atoms with E-state index >= 15 is 0 Å². The van der Waals surface area contributed by atoms with Crippen LogP contribution in [0.1, 0.15) is 38.3 Å². The molecule has 3 heterocycles. The summed E-state index contributed by atoms with van der Waals surface area (Å²) in [6, 6.07) is 17.5. The number of nitrogens with zero attached hydrogens (tertiary/aromatic N) is 2. The summed E-state index contributed by atoms with van der Waals surface area (Å²) in [7, 11) is 0. The van der Waals surface area contributed by atoms with Crippen LogP contribution in [0.4, 0.5) is 0 Å². The molecule has 2 amide bonds. The van der Waals surface area contributed by atoms with Crippen LogP contribution in [-0.2, 0) is 36.8 Å². The van der Waals surface area contributed by atoms with Crippen LogP contribution in [0, 0.1) is 17.8 Å². The maximum Gasteiger partial charge on any atom is 0.312 e. The molecule has 3 fully saturated rings. The number of benzene rings is 2. The summed E-state index contributed by atoms with van der Waals surface area (Å²) in [6.45, 7) is 9.91. The topological polar surface area (TPSA) is 96.4 Å². The number of esters is 1. The molecule has 1 spiro atoms. The van der Waals surface area contributed by atoms with Gasteiger partial charge in [0.1, 0.15) is 17.6 Å². The summed E-state index contributed by atoms with van der Waals surface area (Å²) in [5, 5.41) is 10.7. The molecule has 5 rings (SSSR count). The van der Waals surface area contributed by atoms with Crippen molar-refractivity contribution in [1.82, 2.24) is 9.80 Å². The molecule has 0 aromatic heterocycles. The number of aliphatic hydroxyl groups is 1. The molecule has 3 saturated heterocycles. The smallest absolute Gasteiger partial charge is 0.312 e. The molecule has 7 atom stereocenters. The lowest BCUT2D eigenvalue weighted by atomic mass is 9.62. The van der Waals surface area contributed by atoms with Crippen molar-refractivity contribution < 1.29 is 29.0 Å². The fraction of sp³-hybridized carbons (Fsp3) is 0.485. The average Bonchev–Trinajstić information content (AvgIpc) is 3.49. The minimum atomic E-state index is -1.22. The Hall–Kier alpha value is -3.49. The van der Waals surface area contributed by atoms with Crippen molar-refractivity contribution in [2.75, 3.05) is 19.8 Å². The van der Waals surface area contributed by atoms with Crippen LogP contribution < -0.4 is 0 Å². The van der Waals surface area contributed by atoms with Crippen LogP contribution in [0.3, 0.4) is 0 Å². The first-order valence-electron chi connectivity index (χ1n) is 14.5. The second kappa shape index (κ2) is 11.4. The van der Waals surface area contributed by atoms with Gasteiger partial charge in [0.05, 0.1) is 30.8 Å². The van der Waals surface area contributed by atoms with Crippen molar-refractivity contribution >= 4 is 17.8 Å². The molecular formula is C33H40N2O6. The Morgan fingerprint density at radius 3 is 2.39 bits per heavy atom. The Labute approximate surface area is 241 Å². The predicted molar refractivity (Wildman–Crippen MR) is 153 cm³/mol. The van der Waals surface area contributed by atoms with Gasteiger partial charge in [0.25, 0.3) is 0 Å². The monoisotopic (exact) mass is 560 g/mol. The highest BCUT2D eigenvalue weighted by Gasteiger charge is 2.80. The summed E-state index contributed by atoms with van der Waals surface area (Å²) in [6.07, 6.45) is 2.47. The normalized spacial score (nSPS) is 30.6. The fourth-order valence-electron chi connectivity index (χ4n) is 7.44. The second-order valence-electron chi connectivity index (χ2n) is 11.7. The summed E-state index contributed by atoms with van der Waals surface area (Å²) in [5.74, 6) is -2.94. The molecule has 2 bridgehead atoms. The molecule has 218 valence electrons. The largest absolute Gasteiger partial charge is 0.466 e. The Morgan fingerprint density at radius 2 is 1.80 bits per heavy atom. The van der Waals surface area contributed by atoms with Gasteiger partial charge in [-0.15, -0.1) is 6.58 Å². The number of carbonyl (C=O) groups is 3. The summed E-state index contributed by atoms with van der Waals surface area (Å²) >= 11 is 0. The third-order valence-electron chi connectivity index (χ3n) is 9.32. The number of hydrogen-bond acceptors (Lipinski definition) is 6. The van der Waals surface area contributed by atoms with Gasteiger partial charge in [-0.05, 0) is 43.7 Å². The maximum absolute atomic E-state index is 14.7. The molecular weight excluding hydrogens is 520 g/mol. The van der Waals surface area contributed by atoms with Gasteiger partial charge in [-0.25, -0.2) is 0 Å². The van der Waals surface area contributed by atoms with E-state index < -0.39 is 41.1 Å². The van der Waals surface area contributed by atoms with Gasteiger partial charge in [0, 0.05) is 13.1 Å². The number of amides is 2. The van der Waals surface area contributed by atoms with Crippen LogP contribution in [0.5, 0.6) is 0 Å². The Bertz CT molecular complexity index is 1290. The lowest BCUT2D eigenvalue weighted by Gasteiger charge is -2.39. The van der Waals surface area contributed by atoms with E-state index in [1.807, 2.05) is 74.5 Å². The van der Waals surface area contributed by atoms with Crippen LogP contribution >= 0.6 is 0 Å². The number of rotatable bonds is 11. The molecule has 3 unspecified atom stereocenters. The van der Waals surface area contributed by atoms with Crippen molar-refractivity contribution in [2.45, 2.75) is 63.4 Å². The quantitative estimate of drug-likeness (QED) is 0.335. The van der Waals surface area contributed by atoms with Gasteiger partial charge in [-0.1, -0.05) is 73.7 Å². The van der Waals surface area contributed by atoms with Gasteiger partial charge in [-0.2, -0.15) is 0 Å². The van der Waals surface area contributed by atoms with E-state index in [1.165, 1.54) is 4.90 Å². The molecule has 8 nitrogen and oxygen atoms in total. The molecule has 3 aliphatic rings. The highest BCUT2D eigenvalue weighted by Crippen LogP contribution is 2.65. The molecule has 0 radical (unpaired) electrons. The number of carbonyl (C=O) groups excluding carboxylic acids is 3. The van der Waals surface area contributed by atoms with Gasteiger partial charge >= 0.3 is 5.97 Å². The molecule has 41 heavy (non-hydrogen) atoms.